The summed E-state index contributed by atoms with van der Waals surface area (Å²) in [6, 6.07) is 0. The fourth-order valence-corrected chi connectivity index (χ4v) is 0.655. The van der Waals surface area contributed by atoms with E-state index in [9.17, 15) is 4.79 Å². The molecule has 5 heteroatoms. The van der Waals surface area contributed by atoms with Crippen molar-refractivity contribution in [2.45, 2.75) is 25.4 Å². The summed E-state index contributed by atoms with van der Waals surface area (Å²) in [4.78, 5) is 10.0. The third-order valence-corrected chi connectivity index (χ3v) is 1.18. The normalized spacial score (nSPS) is 14.8. The first-order chi connectivity index (χ1) is 4.48. The van der Waals surface area contributed by atoms with Crippen molar-refractivity contribution in [1.29, 1.82) is 0 Å². The fourth-order valence-electron chi connectivity index (χ4n) is 0.655. The molecule has 0 rings (SSSR count). The molecule has 0 spiro atoms. The molecule has 0 aromatic heterocycles. The van der Waals surface area contributed by atoms with E-state index in [1.54, 1.807) is 0 Å². The largest absolute Gasteiger partial charge is 0.481 e. The molecule has 1 radical (unpaired) electrons. The molecule has 0 aliphatic heterocycles. The Bertz CT molecular complexity index is 124. The summed E-state index contributed by atoms with van der Waals surface area (Å²) in [7, 11) is 0. The van der Waals surface area contributed by atoms with E-state index in [2.05, 4.69) is 0 Å². The van der Waals surface area contributed by atoms with Gasteiger partial charge in [0.1, 0.15) is 0 Å². The zero-order valence-corrected chi connectivity index (χ0v) is 7.11. The van der Waals surface area contributed by atoms with Gasteiger partial charge in [-0.1, -0.05) is 0 Å². The van der Waals surface area contributed by atoms with Crippen molar-refractivity contribution in [2.24, 2.45) is 0 Å². The van der Waals surface area contributed by atoms with Gasteiger partial charge in [-0.2, -0.15) is 0 Å². The van der Waals surface area contributed by atoms with Crippen molar-refractivity contribution < 1.29 is 37.2 Å². The van der Waals surface area contributed by atoms with Crippen LogP contribution >= 0.6 is 0 Å². The van der Waals surface area contributed by atoms with Crippen LogP contribution in [0.25, 0.3) is 0 Å². The third-order valence-electron chi connectivity index (χ3n) is 1.18. The van der Waals surface area contributed by atoms with Crippen molar-refractivity contribution in [1.82, 2.24) is 0 Å². The molecular formula is C6H12CuO4. The maximum atomic E-state index is 10.0. The number of hydrogen-bond donors (Lipinski definition) is 3. The van der Waals surface area contributed by atoms with Crippen LogP contribution in [0.4, 0.5) is 0 Å². The Labute approximate surface area is 75.7 Å². The van der Waals surface area contributed by atoms with Crippen LogP contribution in [0.5, 0.6) is 0 Å². The number of rotatable bonds is 4. The molecular weight excluding hydrogens is 200 g/mol. The molecule has 0 fully saturated rings. The van der Waals surface area contributed by atoms with E-state index in [0.29, 0.717) is 0 Å². The quantitative estimate of drug-likeness (QED) is 0.553. The van der Waals surface area contributed by atoms with Crippen LogP contribution in [0.15, 0.2) is 0 Å². The second-order valence-corrected chi connectivity index (χ2v) is 2.54. The summed E-state index contributed by atoms with van der Waals surface area (Å²) in [5, 5.41) is 25.7. The number of carbonyl (C=O) groups is 1. The topological polar surface area (TPSA) is 77.8 Å². The fraction of sp³-hybridized carbons (Fsp3) is 0.833. The number of hydrogen-bond acceptors (Lipinski definition) is 3. The smallest absolute Gasteiger partial charge is 0.306 e. The van der Waals surface area contributed by atoms with E-state index >= 15 is 0 Å². The van der Waals surface area contributed by atoms with E-state index < -0.39 is 11.6 Å². The molecule has 0 saturated heterocycles. The Kier molecular flexibility index (Phi) is 6.80. The van der Waals surface area contributed by atoms with E-state index in [1.165, 1.54) is 6.92 Å². The minimum atomic E-state index is -1.28. The minimum Gasteiger partial charge on any atom is -0.481 e. The molecule has 0 aliphatic rings. The molecule has 0 aliphatic carbocycles. The molecule has 0 aromatic carbocycles. The summed E-state index contributed by atoms with van der Waals surface area (Å²) in [6.07, 6.45) is -0.229. The first kappa shape index (κ1) is 13.5. The van der Waals surface area contributed by atoms with Crippen LogP contribution in [0.3, 0.4) is 0 Å². The maximum absolute atomic E-state index is 10.0. The molecule has 4 nitrogen and oxygen atoms in total. The predicted molar refractivity (Wildman–Crippen MR) is 34.6 cm³/mol. The molecule has 1 unspecified atom stereocenters. The number of aliphatic carboxylic acids is 1. The summed E-state index contributed by atoms with van der Waals surface area (Å²) in [5.41, 5.74) is -1.28. The van der Waals surface area contributed by atoms with Gasteiger partial charge in [-0.3, -0.25) is 4.79 Å². The van der Waals surface area contributed by atoms with Crippen molar-refractivity contribution in [3.8, 4) is 0 Å². The summed E-state index contributed by atoms with van der Waals surface area (Å²) < 4.78 is 0. The van der Waals surface area contributed by atoms with Gasteiger partial charge in [0.15, 0.2) is 0 Å². The average Bonchev–Trinajstić information content (AvgIpc) is 1.59. The van der Waals surface area contributed by atoms with Gasteiger partial charge in [-0.25, -0.2) is 0 Å². The molecule has 71 valence electrons. The molecule has 0 heterocycles. The SMILES string of the molecule is CC(O)(CCO)CC(=O)O.[Cu]. The second-order valence-electron chi connectivity index (χ2n) is 2.54. The monoisotopic (exact) mass is 211 g/mol. The number of aliphatic hydroxyl groups excluding tert-OH is 1. The Morgan fingerprint density at radius 2 is 2.00 bits per heavy atom. The Hall–Kier alpha value is -0.0905. The van der Waals surface area contributed by atoms with Gasteiger partial charge in [0, 0.05) is 23.7 Å². The first-order valence-electron chi connectivity index (χ1n) is 3.03. The van der Waals surface area contributed by atoms with Crippen LogP contribution < -0.4 is 0 Å². The molecule has 11 heavy (non-hydrogen) atoms. The van der Waals surface area contributed by atoms with Gasteiger partial charge in [0.25, 0.3) is 0 Å². The summed E-state index contributed by atoms with van der Waals surface area (Å²) >= 11 is 0. The van der Waals surface area contributed by atoms with E-state index in [4.69, 9.17) is 15.3 Å². The molecule has 0 aromatic rings. The van der Waals surface area contributed by atoms with Crippen LogP contribution in [0.2, 0.25) is 0 Å². The van der Waals surface area contributed by atoms with Crippen molar-refractivity contribution in [2.75, 3.05) is 6.61 Å². The predicted octanol–water partition coefficient (Wildman–Crippen LogP) is -0.408. The second kappa shape index (κ2) is 5.55. The standard InChI is InChI=1S/C6H12O4.Cu/c1-6(10,2-3-7)4-5(8)9;/h7,10H,2-4H2,1H3,(H,8,9);. The van der Waals surface area contributed by atoms with Gasteiger partial charge >= 0.3 is 5.97 Å². The third kappa shape index (κ3) is 7.81. The number of carboxylic acids is 1. The summed E-state index contributed by atoms with van der Waals surface area (Å²) in [5.74, 6) is -1.06. The van der Waals surface area contributed by atoms with Gasteiger partial charge in [0.05, 0.1) is 12.0 Å². The molecule has 0 bridgehead atoms. The van der Waals surface area contributed by atoms with Gasteiger partial charge in [-0.15, -0.1) is 0 Å². The molecule has 3 N–H and O–H groups in total. The van der Waals surface area contributed by atoms with Crippen LogP contribution in [-0.4, -0.2) is 33.5 Å². The Morgan fingerprint density at radius 1 is 1.55 bits per heavy atom. The molecule has 0 amide bonds. The van der Waals surface area contributed by atoms with Gasteiger partial charge < -0.3 is 15.3 Å². The number of aliphatic hydroxyl groups is 2. The van der Waals surface area contributed by atoms with E-state index in [1.807, 2.05) is 0 Å². The summed E-state index contributed by atoms with van der Waals surface area (Å²) in [6.45, 7) is 1.19. The van der Waals surface area contributed by atoms with Crippen LogP contribution in [0.1, 0.15) is 19.8 Å². The van der Waals surface area contributed by atoms with E-state index in [0.717, 1.165) is 0 Å². The van der Waals surface area contributed by atoms with Crippen molar-refractivity contribution >= 4 is 5.97 Å². The Morgan fingerprint density at radius 3 is 2.27 bits per heavy atom. The van der Waals surface area contributed by atoms with Crippen LogP contribution in [0, 0.1) is 0 Å². The van der Waals surface area contributed by atoms with E-state index in [-0.39, 0.29) is 36.5 Å². The van der Waals surface area contributed by atoms with Crippen molar-refractivity contribution in [3.05, 3.63) is 0 Å². The van der Waals surface area contributed by atoms with Gasteiger partial charge in [0.2, 0.25) is 0 Å². The molecule has 0 saturated carbocycles. The zero-order chi connectivity index (χ0) is 8.20. The maximum Gasteiger partial charge on any atom is 0.306 e. The molecule has 1 atom stereocenters. The first-order valence-corrected chi connectivity index (χ1v) is 3.03. The Balaban J connectivity index is 0. The zero-order valence-electron chi connectivity index (χ0n) is 6.17. The van der Waals surface area contributed by atoms with Gasteiger partial charge in [-0.05, 0) is 13.3 Å². The average molecular weight is 212 g/mol. The number of carboxylic acid groups (broad SMARTS) is 1. The minimum absolute atomic E-state index is 0. The van der Waals surface area contributed by atoms with Crippen molar-refractivity contribution in [3.63, 3.8) is 0 Å². The van der Waals surface area contributed by atoms with Crippen LogP contribution in [-0.2, 0) is 21.9 Å².